The molecule has 0 saturated carbocycles. The van der Waals surface area contributed by atoms with E-state index in [-0.39, 0.29) is 31.3 Å². The zero-order valence-corrected chi connectivity index (χ0v) is 24.6. The van der Waals surface area contributed by atoms with Crippen molar-refractivity contribution in [3.63, 3.8) is 0 Å². The zero-order chi connectivity index (χ0) is 28.9. The summed E-state index contributed by atoms with van der Waals surface area (Å²) in [6.07, 6.45) is 1.48. The number of esters is 1. The molecule has 10 heteroatoms. The fraction of sp³-hybridized carbons (Fsp3) is 0.500. The molecular weight excluding hydrogens is 555 g/mol. The number of aliphatic hydroxyl groups is 1. The predicted molar refractivity (Wildman–Crippen MR) is 154 cm³/mol. The molecule has 2 aromatic carbocycles. The summed E-state index contributed by atoms with van der Waals surface area (Å²) in [7, 11) is 0. The van der Waals surface area contributed by atoms with Crippen molar-refractivity contribution >= 4 is 41.0 Å². The van der Waals surface area contributed by atoms with Crippen molar-refractivity contribution in [1.82, 2.24) is 4.90 Å². The first-order valence-corrected chi connectivity index (χ1v) is 14.3. The molecule has 0 radical (unpaired) electrons. The Morgan fingerprint density at radius 2 is 1.82 bits per heavy atom. The van der Waals surface area contributed by atoms with Gasteiger partial charge in [-0.05, 0) is 76.4 Å². The lowest BCUT2D eigenvalue weighted by Crippen LogP contribution is -2.49. The average Bonchev–Trinajstić information content (AvgIpc) is 3.56. The summed E-state index contributed by atoms with van der Waals surface area (Å²) in [4.78, 5) is 33.9. The highest BCUT2D eigenvalue weighted by atomic mass is 35.5. The number of benzene rings is 2. The van der Waals surface area contributed by atoms with E-state index in [1.165, 1.54) is 0 Å². The van der Waals surface area contributed by atoms with Crippen LogP contribution in [0.15, 0.2) is 47.5 Å². The zero-order valence-electron chi connectivity index (χ0n) is 23.1. The van der Waals surface area contributed by atoms with E-state index in [0.29, 0.717) is 53.0 Å². The summed E-state index contributed by atoms with van der Waals surface area (Å²) >= 11 is 12.9. The lowest BCUT2D eigenvalue weighted by atomic mass is 9.82. The quantitative estimate of drug-likeness (QED) is 0.279. The molecular formula is C30H36Cl2N2O6. The van der Waals surface area contributed by atoms with Crippen molar-refractivity contribution in [3.05, 3.63) is 63.6 Å². The average molecular weight is 592 g/mol. The van der Waals surface area contributed by atoms with Crippen LogP contribution in [0.5, 0.6) is 5.75 Å². The fourth-order valence-electron chi connectivity index (χ4n) is 4.92. The van der Waals surface area contributed by atoms with Crippen molar-refractivity contribution in [3.8, 4) is 5.75 Å². The lowest BCUT2D eigenvalue weighted by Gasteiger charge is -2.34. The Morgan fingerprint density at radius 1 is 1.12 bits per heavy atom. The number of ether oxygens (including phenoxy) is 3. The van der Waals surface area contributed by atoms with Crippen molar-refractivity contribution in [2.45, 2.75) is 70.1 Å². The molecule has 0 aromatic heterocycles. The highest BCUT2D eigenvalue weighted by Crippen LogP contribution is 2.47. The second-order valence-electron chi connectivity index (χ2n) is 11.0. The molecule has 0 bridgehead atoms. The minimum absolute atomic E-state index is 0.0314. The maximum atomic E-state index is 14.3. The number of halogens is 2. The number of aliphatic imine (C=N–C) groups is 1. The minimum atomic E-state index is -1.44. The van der Waals surface area contributed by atoms with Gasteiger partial charge in [-0.15, -0.1) is 0 Å². The Labute approximate surface area is 245 Å². The Kier molecular flexibility index (Phi) is 9.64. The number of likely N-dealkylation sites (tertiary alicyclic amines) is 1. The van der Waals surface area contributed by atoms with Crippen LogP contribution in [-0.4, -0.2) is 65.2 Å². The minimum Gasteiger partial charge on any atom is -0.494 e. The number of hydrogen-bond donors (Lipinski definition) is 1. The number of hydrogen-bond acceptors (Lipinski definition) is 7. The van der Waals surface area contributed by atoms with Crippen LogP contribution in [0.4, 0.5) is 0 Å². The van der Waals surface area contributed by atoms with E-state index in [1.807, 2.05) is 0 Å². The van der Waals surface area contributed by atoms with Gasteiger partial charge >= 0.3 is 5.97 Å². The summed E-state index contributed by atoms with van der Waals surface area (Å²) in [6.45, 7) is 7.07. The van der Waals surface area contributed by atoms with Gasteiger partial charge in [-0.2, -0.15) is 0 Å². The van der Waals surface area contributed by atoms with Gasteiger partial charge in [0, 0.05) is 53.7 Å². The van der Waals surface area contributed by atoms with Crippen LogP contribution in [0.2, 0.25) is 10.0 Å². The van der Waals surface area contributed by atoms with Crippen molar-refractivity contribution < 1.29 is 28.9 Å². The van der Waals surface area contributed by atoms with Crippen LogP contribution in [0.3, 0.4) is 0 Å². The lowest BCUT2D eigenvalue weighted by molar-refractivity contribution is -0.155. The van der Waals surface area contributed by atoms with Gasteiger partial charge in [0.05, 0.1) is 6.61 Å². The maximum Gasteiger partial charge on any atom is 0.306 e. The Morgan fingerprint density at radius 3 is 2.45 bits per heavy atom. The number of rotatable bonds is 10. The first kappa shape index (κ1) is 30.2. The van der Waals surface area contributed by atoms with Crippen LogP contribution in [0.25, 0.3) is 0 Å². The SMILES string of the molecule is CC(C)(C)OC(=O)CC[C@@]1(C(=O)N2CCCC2)N=C(c2ccc(OCCCO)cc2)O[C@@H]1c1ccc(Cl)cc1Cl. The van der Waals surface area contributed by atoms with Gasteiger partial charge in [0.25, 0.3) is 5.91 Å². The Bertz CT molecular complexity index is 1240. The molecule has 0 spiro atoms. The summed E-state index contributed by atoms with van der Waals surface area (Å²) < 4.78 is 17.7. The molecule has 2 atom stereocenters. The monoisotopic (exact) mass is 590 g/mol. The Balaban J connectivity index is 1.75. The third-order valence-electron chi connectivity index (χ3n) is 6.78. The van der Waals surface area contributed by atoms with E-state index < -0.39 is 23.2 Å². The molecule has 0 unspecified atom stereocenters. The van der Waals surface area contributed by atoms with Gasteiger partial charge in [0.15, 0.2) is 11.6 Å². The van der Waals surface area contributed by atoms with Crippen molar-refractivity contribution in [2.24, 2.45) is 4.99 Å². The summed E-state index contributed by atoms with van der Waals surface area (Å²) in [5.41, 5.74) is -0.892. The van der Waals surface area contributed by atoms with E-state index in [1.54, 1.807) is 68.1 Å². The second-order valence-corrected chi connectivity index (χ2v) is 11.9. The first-order valence-electron chi connectivity index (χ1n) is 13.6. The van der Waals surface area contributed by atoms with Crippen LogP contribution in [0.1, 0.15) is 70.1 Å². The largest absolute Gasteiger partial charge is 0.494 e. The molecule has 2 aliphatic rings. The molecule has 40 heavy (non-hydrogen) atoms. The summed E-state index contributed by atoms with van der Waals surface area (Å²) in [5.74, 6) is 0.283. The third-order valence-corrected chi connectivity index (χ3v) is 7.34. The van der Waals surface area contributed by atoms with Crippen LogP contribution in [-0.2, 0) is 19.1 Å². The van der Waals surface area contributed by atoms with Gasteiger partial charge in [-0.1, -0.05) is 29.3 Å². The second kappa shape index (κ2) is 12.8. The van der Waals surface area contributed by atoms with Crippen LogP contribution >= 0.6 is 23.2 Å². The summed E-state index contributed by atoms with van der Waals surface area (Å²) in [5, 5.41) is 9.80. The molecule has 4 rings (SSSR count). The molecule has 2 aliphatic heterocycles. The van der Waals surface area contributed by atoms with Gasteiger partial charge in [0.1, 0.15) is 11.4 Å². The van der Waals surface area contributed by atoms with Crippen LogP contribution in [0, 0.1) is 0 Å². The standard InChI is InChI=1S/C30H36Cl2N2O6/c1-29(2,3)40-25(36)13-14-30(28(37)34-15-4-5-16-34)26(23-12-9-21(31)19-24(23)32)39-27(33-30)20-7-10-22(11-8-20)38-18-6-17-35/h7-12,19,26,35H,4-6,13-18H2,1-3H3/t26-,30-/m1/s1. The van der Waals surface area contributed by atoms with Gasteiger partial charge in [-0.25, -0.2) is 4.99 Å². The van der Waals surface area contributed by atoms with E-state index >= 15 is 0 Å². The first-order chi connectivity index (χ1) is 19.0. The highest BCUT2D eigenvalue weighted by Gasteiger charge is 2.55. The molecule has 0 aliphatic carbocycles. The molecule has 1 amide bonds. The van der Waals surface area contributed by atoms with E-state index in [9.17, 15) is 9.59 Å². The molecule has 1 saturated heterocycles. The maximum absolute atomic E-state index is 14.3. The molecule has 1 N–H and O–H groups in total. The number of nitrogens with zero attached hydrogens (tertiary/aromatic N) is 2. The molecule has 1 fully saturated rings. The molecule has 2 aromatic rings. The summed E-state index contributed by atoms with van der Waals surface area (Å²) in [6, 6.07) is 12.2. The highest BCUT2D eigenvalue weighted by molar-refractivity contribution is 6.35. The van der Waals surface area contributed by atoms with Crippen LogP contribution < -0.4 is 4.74 Å². The van der Waals surface area contributed by atoms with Crippen molar-refractivity contribution in [1.29, 1.82) is 0 Å². The van der Waals surface area contributed by atoms with E-state index in [0.717, 1.165) is 12.8 Å². The topological polar surface area (TPSA) is 97.7 Å². The Hall–Kier alpha value is -2.81. The molecule has 2 heterocycles. The normalized spacial score (nSPS) is 20.7. The van der Waals surface area contributed by atoms with Gasteiger partial charge < -0.3 is 24.2 Å². The smallest absolute Gasteiger partial charge is 0.306 e. The molecule has 216 valence electrons. The van der Waals surface area contributed by atoms with E-state index in [2.05, 4.69) is 0 Å². The van der Waals surface area contributed by atoms with Gasteiger partial charge in [0.2, 0.25) is 5.90 Å². The fourth-order valence-corrected chi connectivity index (χ4v) is 5.43. The van der Waals surface area contributed by atoms with Gasteiger partial charge in [-0.3, -0.25) is 9.59 Å². The number of amides is 1. The predicted octanol–water partition coefficient (Wildman–Crippen LogP) is 5.76. The van der Waals surface area contributed by atoms with Crippen molar-refractivity contribution in [2.75, 3.05) is 26.3 Å². The number of carbonyl (C=O) groups excluding carboxylic acids is 2. The van der Waals surface area contributed by atoms with E-state index in [4.69, 9.17) is 47.5 Å². The number of carbonyl (C=O) groups is 2. The number of aliphatic hydroxyl groups excluding tert-OH is 1. The molecule has 8 nitrogen and oxygen atoms in total. The third kappa shape index (κ3) is 7.09.